The Kier molecular flexibility index (Phi) is 4.15. The zero-order valence-corrected chi connectivity index (χ0v) is 12.9. The van der Waals surface area contributed by atoms with Crippen LogP contribution in [-0.4, -0.2) is 4.98 Å². The number of rotatable bonds is 3. The summed E-state index contributed by atoms with van der Waals surface area (Å²) in [7, 11) is 0. The number of hydrogen-bond donors (Lipinski definition) is 1. The molecule has 0 saturated heterocycles. The van der Waals surface area contributed by atoms with Gasteiger partial charge in [-0.2, -0.15) is 13.2 Å². The topological polar surface area (TPSA) is 48.1 Å². The number of pyridine rings is 1. The number of fused-ring (bicyclic) bond motifs is 1. The summed E-state index contributed by atoms with van der Waals surface area (Å²) < 4.78 is 43.6. The van der Waals surface area contributed by atoms with Crippen molar-refractivity contribution in [3.8, 4) is 11.5 Å². The second kappa shape index (κ2) is 6.13. The van der Waals surface area contributed by atoms with E-state index in [1.807, 2.05) is 25.1 Å². The van der Waals surface area contributed by atoms with E-state index in [2.05, 4.69) is 4.98 Å². The molecule has 3 aromatic rings. The van der Waals surface area contributed by atoms with Crippen LogP contribution >= 0.6 is 0 Å². The summed E-state index contributed by atoms with van der Waals surface area (Å²) in [6, 6.07) is 11.9. The Hall–Kier alpha value is -2.60. The minimum Gasteiger partial charge on any atom is -0.455 e. The molecule has 24 heavy (non-hydrogen) atoms. The molecule has 0 aliphatic carbocycles. The first kappa shape index (κ1) is 16.3. The van der Waals surface area contributed by atoms with Crippen molar-refractivity contribution in [2.45, 2.75) is 19.6 Å². The highest BCUT2D eigenvalue weighted by molar-refractivity contribution is 5.88. The molecule has 0 unspecified atom stereocenters. The molecule has 2 N–H and O–H groups in total. The van der Waals surface area contributed by atoms with Crippen molar-refractivity contribution < 1.29 is 17.9 Å². The number of halogens is 3. The van der Waals surface area contributed by atoms with E-state index < -0.39 is 11.7 Å². The zero-order chi connectivity index (χ0) is 17.3. The second-order valence-corrected chi connectivity index (χ2v) is 5.40. The number of aryl methyl sites for hydroxylation is 1. The fourth-order valence-electron chi connectivity index (χ4n) is 2.45. The molecule has 124 valence electrons. The molecular weight excluding hydrogens is 317 g/mol. The SMILES string of the molecule is Cc1ccc2c(CN)ccc(Oc3ccc(C(F)(F)F)cc3)c2n1. The van der Waals surface area contributed by atoms with Gasteiger partial charge in [0.25, 0.3) is 0 Å². The summed E-state index contributed by atoms with van der Waals surface area (Å²) in [5, 5.41) is 0.868. The Balaban J connectivity index is 2.00. The molecule has 0 amide bonds. The number of aromatic nitrogens is 1. The normalized spacial score (nSPS) is 11.7. The quantitative estimate of drug-likeness (QED) is 0.748. The van der Waals surface area contributed by atoms with Gasteiger partial charge in [0.15, 0.2) is 5.75 Å². The van der Waals surface area contributed by atoms with Crippen molar-refractivity contribution in [3.05, 3.63) is 65.4 Å². The molecule has 2 aromatic carbocycles. The van der Waals surface area contributed by atoms with E-state index in [0.717, 1.165) is 28.8 Å². The van der Waals surface area contributed by atoms with Gasteiger partial charge in [-0.15, -0.1) is 0 Å². The highest BCUT2D eigenvalue weighted by atomic mass is 19.4. The summed E-state index contributed by atoms with van der Waals surface area (Å²) in [5.41, 5.74) is 7.40. The van der Waals surface area contributed by atoms with E-state index in [4.69, 9.17) is 10.5 Å². The number of hydrogen-bond acceptors (Lipinski definition) is 3. The summed E-state index contributed by atoms with van der Waals surface area (Å²) in [6.07, 6.45) is -4.37. The van der Waals surface area contributed by atoms with Crippen LogP contribution in [-0.2, 0) is 12.7 Å². The van der Waals surface area contributed by atoms with Crippen molar-refractivity contribution >= 4 is 10.9 Å². The lowest BCUT2D eigenvalue weighted by Gasteiger charge is -2.12. The summed E-state index contributed by atoms with van der Waals surface area (Å²) >= 11 is 0. The first-order chi connectivity index (χ1) is 11.4. The van der Waals surface area contributed by atoms with Gasteiger partial charge in [0, 0.05) is 17.6 Å². The van der Waals surface area contributed by atoms with E-state index in [-0.39, 0.29) is 0 Å². The molecular formula is C18H15F3N2O. The Morgan fingerprint density at radius 3 is 2.33 bits per heavy atom. The molecule has 0 aliphatic rings. The van der Waals surface area contributed by atoms with Crippen LogP contribution < -0.4 is 10.5 Å². The van der Waals surface area contributed by atoms with Gasteiger partial charge in [-0.05, 0) is 48.9 Å². The summed E-state index contributed by atoms with van der Waals surface area (Å²) in [6.45, 7) is 2.22. The Labute approximate surface area is 136 Å². The maximum atomic E-state index is 12.6. The minimum absolute atomic E-state index is 0.313. The van der Waals surface area contributed by atoms with Crippen LogP contribution in [0.4, 0.5) is 13.2 Å². The number of alkyl halides is 3. The van der Waals surface area contributed by atoms with Crippen molar-refractivity contribution in [1.82, 2.24) is 4.98 Å². The van der Waals surface area contributed by atoms with Crippen molar-refractivity contribution in [1.29, 1.82) is 0 Å². The molecule has 0 saturated carbocycles. The van der Waals surface area contributed by atoms with Gasteiger partial charge in [-0.25, -0.2) is 4.98 Å². The lowest BCUT2D eigenvalue weighted by molar-refractivity contribution is -0.137. The van der Waals surface area contributed by atoms with Gasteiger partial charge in [0.2, 0.25) is 0 Å². The molecule has 0 aliphatic heterocycles. The largest absolute Gasteiger partial charge is 0.455 e. The highest BCUT2D eigenvalue weighted by Gasteiger charge is 2.30. The lowest BCUT2D eigenvalue weighted by atomic mass is 10.1. The Morgan fingerprint density at radius 1 is 1.00 bits per heavy atom. The molecule has 6 heteroatoms. The van der Waals surface area contributed by atoms with Gasteiger partial charge in [0.05, 0.1) is 5.56 Å². The third kappa shape index (κ3) is 3.19. The maximum Gasteiger partial charge on any atom is 0.416 e. The first-order valence-electron chi connectivity index (χ1n) is 7.33. The van der Waals surface area contributed by atoms with E-state index >= 15 is 0 Å². The van der Waals surface area contributed by atoms with Crippen molar-refractivity contribution in [2.24, 2.45) is 5.73 Å². The smallest absolute Gasteiger partial charge is 0.416 e. The number of ether oxygens (including phenoxy) is 1. The fraction of sp³-hybridized carbons (Fsp3) is 0.167. The van der Waals surface area contributed by atoms with E-state index in [1.54, 1.807) is 6.07 Å². The number of nitrogens with two attached hydrogens (primary N) is 1. The standard InChI is InChI=1S/C18H15F3N2O/c1-11-2-8-15-12(10-22)3-9-16(17(15)23-11)24-14-6-4-13(5-7-14)18(19,20)21/h2-9H,10,22H2,1H3. The Morgan fingerprint density at radius 2 is 1.71 bits per heavy atom. The molecule has 0 radical (unpaired) electrons. The molecule has 0 atom stereocenters. The average Bonchev–Trinajstić information content (AvgIpc) is 2.55. The predicted octanol–water partition coefficient (Wildman–Crippen LogP) is 4.81. The molecule has 0 fully saturated rings. The van der Waals surface area contributed by atoms with Gasteiger partial charge < -0.3 is 10.5 Å². The number of nitrogens with zero attached hydrogens (tertiary/aromatic N) is 1. The van der Waals surface area contributed by atoms with Crippen LogP contribution in [0.5, 0.6) is 11.5 Å². The van der Waals surface area contributed by atoms with Crippen LogP contribution in [0.1, 0.15) is 16.8 Å². The lowest BCUT2D eigenvalue weighted by Crippen LogP contribution is -2.04. The van der Waals surface area contributed by atoms with E-state index in [1.165, 1.54) is 12.1 Å². The zero-order valence-electron chi connectivity index (χ0n) is 12.9. The van der Waals surface area contributed by atoms with Crippen LogP contribution in [0.2, 0.25) is 0 Å². The Bertz CT molecular complexity index is 874. The minimum atomic E-state index is -4.37. The first-order valence-corrected chi connectivity index (χ1v) is 7.33. The molecule has 0 bridgehead atoms. The van der Waals surface area contributed by atoms with Gasteiger partial charge >= 0.3 is 6.18 Å². The van der Waals surface area contributed by atoms with Gasteiger partial charge in [-0.3, -0.25) is 0 Å². The number of benzene rings is 2. The van der Waals surface area contributed by atoms with Crippen LogP contribution in [0.3, 0.4) is 0 Å². The summed E-state index contributed by atoms with van der Waals surface area (Å²) in [4.78, 5) is 4.48. The van der Waals surface area contributed by atoms with Crippen molar-refractivity contribution in [3.63, 3.8) is 0 Å². The second-order valence-electron chi connectivity index (χ2n) is 5.40. The highest BCUT2D eigenvalue weighted by Crippen LogP contribution is 2.34. The monoisotopic (exact) mass is 332 g/mol. The van der Waals surface area contributed by atoms with Gasteiger partial charge in [0.1, 0.15) is 11.3 Å². The molecule has 0 spiro atoms. The van der Waals surface area contributed by atoms with Crippen LogP contribution in [0, 0.1) is 6.92 Å². The molecule has 3 nitrogen and oxygen atoms in total. The molecule has 1 heterocycles. The maximum absolute atomic E-state index is 12.6. The van der Waals surface area contributed by atoms with Crippen molar-refractivity contribution in [2.75, 3.05) is 0 Å². The molecule has 3 rings (SSSR count). The average molecular weight is 332 g/mol. The van der Waals surface area contributed by atoms with Gasteiger partial charge in [-0.1, -0.05) is 12.1 Å². The fourth-order valence-corrected chi connectivity index (χ4v) is 2.45. The molecule has 1 aromatic heterocycles. The van der Waals surface area contributed by atoms with Crippen LogP contribution in [0.25, 0.3) is 10.9 Å². The third-order valence-electron chi connectivity index (χ3n) is 3.68. The summed E-state index contributed by atoms with van der Waals surface area (Å²) in [5.74, 6) is 0.791. The van der Waals surface area contributed by atoms with E-state index in [9.17, 15) is 13.2 Å². The van der Waals surface area contributed by atoms with Crippen LogP contribution in [0.15, 0.2) is 48.5 Å². The van der Waals surface area contributed by atoms with E-state index in [0.29, 0.717) is 23.6 Å². The predicted molar refractivity (Wildman–Crippen MR) is 85.9 cm³/mol. The third-order valence-corrected chi connectivity index (χ3v) is 3.68.